The van der Waals surface area contributed by atoms with E-state index in [1.165, 1.54) is 0 Å². The van der Waals surface area contributed by atoms with Crippen LogP contribution in [0.4, 0.5) is 0 Å². The summed E-state index contributed by atoms with van der Waals surface area (Å²) in [5, 5.41) is 4.66. The van der Waals surface area contributed by atoms with Crippen molar-refractivity contribution in [2.45, 2.75) is 5.78 Å². The molecule has 9 rings (SSSR count). The minimum atomic E-state index is -4.08. The van der Waals surface area contributed by atoms with Crippen molar-refractivity contribution >= 4 is 71.2 Å². The molecule has 1 atom stereocenters. The zero-order valence-corrected chi connectivity index (χ0v) is 37.3. The molecule has 0 N–H and O–H groups in total. The van der Waals surface area contributed by atoms with Gasteiger partial charge >= 0.3 is 0 Å². The van der Waals surface area contributed by atoms with E-state index in [-0.39, 0.29) is 10.6 Å². The van der Waals surface area contributed by atoms with Gasteiger partial charge in [-0.1, -0.05) is 218 Å². The molecule has 0 amide bonds. The van der Waals surface area contributed by atoms with Gasteiger partial charge in [0.1, 0.15) is 5.78 Å². The highest BCUT2D eigenvalue weighted by Gasteiger charge is 2.53. The average Bonchev–Trinajstić information content (AvgIpc) is 3.37. The van der Waals surface area contributed by atoms with Crippen LogP contribution < -0.4 is 42.4 Å². The maximum Gasteiger partial charge on any atom is 0.230 e. The zero-order valence-electron chi connectivity index (χ0n) is 33.7. The highest BCUT2D eigenvalue weighted by Crippen LogP contribution is 2.71. The van der Waals surface area contributed by atoms with E-state index >= 15 is 18.3 Å². The van der Waals surface area contributed by atoms with E-state index in [2.05, 4.69) is 0 Å². The fourth-order valence-corrected chi connectivity index (χ4v) is 21.4. The summed E-state index contributed by atoms with van der Waals surface area (Å²) in [6.45, 7) is 0. The summed E-state index contributed by atoms with van der Waals surface area (Å²) in [6.07, 6.45) is 3.53. The molecule has 1 aliphatic heterocycles. The molecule has 0 saturated carbocycles. The standard InChI is InChI=1S/C53H43NO4P4/c55-59(43-25-9-1-10-26-43,44-27-11-2-12-28-44)51-41-53(61(57,47-33-17-5-18-34-47)48-35-19-6-20-36-48)54(62(58,49-37-21-7-22-38-49)50-39-23-8-24-40-50)42-52(51)60(56,45-29-13-3-14-30-45)46-31-15-4-16-32-46/h1-42,53H. The molecule has 1 heterocycles. The lowest BCUT2D eigenvalue weighted by molar-refractivity contribution is 0.500. The van der Waals surface area contributed by atoms with Gasteiger partial charge in [-0.3, -0.25) is 4.57 Å². The van der Waals surface area contributed by atoms with Crippen molar-refractivity contribution in [3.8, 4) is 0 Å². The van der Waals surface area contributed by atoms with Crippen LogP contribution >= 0.6 is 28.7 Å². The maximum atomic E-state index is 17.1. The van der Waals surface area contributed by atoms with E-state index < -0.39 is 34.5 Å². The molecule has 0 radical (unpaired) electrons. The van der Waals surface area contributed by atoms with Crippen LogP contribution in [0.3, 0.4) is 0 Å². The van der Waals surface area contributed by atoms with E-state index in [0.29, 0.717) is 42.4 Å². The van der Waals surface area contributed by atoms with Crippen LogP contribution in [0.2, 0.25) is 0 Å². The van der Waals surface area contributed by atoms with Crippen LogP contribution in [0, 0.1) is 0 Å². The Morgan fingerprint density at radius 3 is 0.823 bits per heavy atom. The van der Waals surface area contributed by atoms with E-state index in [1.807, 2.05) is 249 Å². The van der Waals surface area contributed by atoms with Crippen LogP contribution in [0.5, 0.6) is 0 Å². The maximum absolute atomic E-state index is 17.1. The summed E-state index contributed by atoms with van der Waals surface area (Å²) < 4.78 is 70.2. The Kier molecular flexibility index (Phi) is 11.6. The van der Waals surface area contributed by atoms with Crippen molar-refractivity contribution in [1.82, 2.24) is 4.67 Å². The molecule has 1 aliphatic rings. The monoisotopic (exact) mass is 881 g/mol. The second-order valence-electron chi connectivity index (χ2n) is 15.0. The topological polar surface area (TPSA) is 71.5 Å². The molecule has 9 heteroatoms. The summed E-state index contributed by atoms with van der Waals surface area (Å²) in [4.78, 5) is 0. The highest BCUT2D eigenvalue weighted by atomic mass is 31.2. The summed E-state index contributed by atoms with van der Waals surface area (Å²) in [6, 6.07) is 74.1. The van der Waals surface area contributed by atoms with Gasteiger partial charge in [0, 0.05) is 59.3 Å². The molecular formula is C53H43NO4P4. The van der Waals surface area contributed by atoms with Gasteiger partial charge < -0.3 is 18.4 Å². The molecule has 0 fully saturated rings. The fraction of sp³-hybridized carbons (Fsp3) is 0.0189. The summed E-state index contributed by atoms with van der Waals surface area (Å²) in [7, 11) is -16.1. The third-order valence-electron chi connectivity index (χ3n) is 11.4. The van der Waals surface area contributed by atoms with Crippen LogP contribution in [-0.2, 0) is 18.3 Å². The molecular weight excluding hydrogens is 838 g/mol. The number of rotatable bonds is 12. The number of benzene rings is 8. The lowest BCUT2D eigenvalue weighted by Gasteiger charge is -2.45. The molecule has 304 valence electrons. The Balaban J connectivity index is 1.50. The lowest BCUT2D eigenvalue weighted by atomic mass is 10.3. The van der Waals surface area contributed by atoms with E-state index in [9.17, 15) is 0 Å². The average molecular weight is 882 g/mol. The molecule has 0 aliphatic carbocycles. The molecule has 0 bridgehead atoms. The number of hydrogen-bond acceptors (Lipinski definition) is 4. The minimum Gasteiger partial charge on any atom is -0.311 e. The van der Waals surface area contributed by atoms with Crippen LogP contribution in [0.15, 0.2) is 266 Å². The predicted molar refractivity (Wildman–Crippen MR) is 261 cm³/mol. The Hall–Kier alpha value is -6.04. The number of hydrogen-bond donors (Lipinski definition) is 0. The first kappa shape index (κ1) is 41.3. The van der Waals surface area contributed by atoms with Gasteiger partial charge in [0.15, 0.2) is 21.4 Å². The summed E-state index contributed by atoms with van der Waals surface area (Å²) >= 11 is 0. The van der Waals surface area contributed by atoms with Crippen LogP contribution in [0.25, 0.3) is 0 Å². The van der Waals surface area contributed by atoms with Crippen molar-refractivity contribution in [2.24, 2.45) is 0 Å². The van der Waals surface area contributed by atoms with Crippen molar-refractivity contribution in [3.05, 3.63) is 266 Å². The van der Waals surface area contributed by atoms with Crippen molar-refractivity contribution < 1.29 is 18.3 Å². The molecule has 1 unspecified atom stereocenters. The van der Waals surface area contributed by atoms with E-state index in [0.717, 1.165) is 0 Å². The first-order chi connectivity index (χ1) is 30.3. The van der Waals surface area contributed by atoms with Crippen molar-refractivity contribution in [1.29, 1.82) is 0 Å². The van der Waals surface area contributed by atoms with E-state index in [1.54, 1.807) is 10.9 Å². The quantitative estimate of drug-likeness (QED) is 0.114. The predicted octanol–water partition coefficient (Wildman–Crippen LogP) is 10.3. The summed E-state index contributed by atoms with van der Waals surface area (Å²) in [5.41, 5.74) is 0. The smallest absolute Gasteiger partial charge is 0.230 e. The van der Waals surface area contributed by atoms with E-state index in [4.69, 9.17) is 0 Å². The first-order valence-electron chi connectivity index (χ1n) is 20.4. The Morgan fingerprint density at radius 1 is 0.290 bits per heavy atom. The Labute approximate surface area is 363 Å². The molecule has 62 heavy (non-hydrogen) atoms. The van der Waals surface area contributed by atoms with Gasteiger partial charge in [0.2, 0.25) is 7.29 Å². The molecule has 5 nitrogen and oxygen atoms in total. The van der Waals surface area contributed by atoms with Crippen molar-refractivity contribution in [3.63, 3.8) is 0 Å². The second-order valence-corrected chi connectivity index (χ2v) is 26.0. The fourth-order valence-electron chi connectivity index (χ4n) is 8.43. The van der Waals surface area contributed by atoms with Crippen LogP contribution in [0.1, 0.15) is 0 Å². The highest BCUT2D eigenvalue weighted by molar-refractivity contribution is 7.88. The van der Waals surface area contributed by atoms with Gasteiger partial charge in [-0.05, 0) is 30.3 Å². The zero-order chi connectivity index (χ0) is 42.6. The van der Waals surface area contributed by atoms with Crippen molar-refractivity contribution in [2.75, 3.05) is 0 Å². The molecule has 8 aromatic rings. The SMILES string of the molecule is O=P(C1=CC(P(=O)(c2ccccc2)c2ccccc2)N(P(=O)(c2ccccc2)c2ccccc2)C=C1P(=O)(c1ccccc1)c1ccccc1)(c1ccccc1)c1ccccc1. The van der Waals surface area contributed by atoms with Gasteiger partial charge in [-0.15, -0.1) is 0 Å². The number of nitrogens with zero attached hydrogens (tertiary/aromatic N) is 1. The molecule has 0 saturated heterocycles. The largest absolute Gasteiger partial charge is 0.311 e. The van der Waals surface area contributed by atoms with Gasteiger partial charge in [0.05, 0.1) is 0 Å². The lowest BCUT2D eigenvalue weighted by Crippen LogP contribution is -2.42. The minimum absolute atomic E-state index is 0.252. The Morgan fingerprint density at radius 2 is 0.532 bits per heavy atom. The number of allylic oxidation sites excluding steroid dienone is 2. The third-order valence-corrected chi connectivity index (χ3v) is 24.3. The van der Waals surface area contributed by atoms with Gasteiger partial charge in [0.25, 0.3) is 0 Å². The third kappa shape index (κ3) is 7.10. The molecule has 8 aromatic carbocycles. The second kappa shape index (κ2) is 17.4. The normalized spacial score (nSPS) is 14.7. The molecule has 0 spiro atoms. The van der Waals surface area contributed by atoms with Gasteiger partial charge in [-0.2, -0.15) is 0 Å². The molecule has 0 aromatic heterocycles. The van der Waals surface area contributed by atoms with Gasteiger partial charge in [-0.25, -0.2) is 0 Å². The Bertz CT molecular complexity index is 2680. The summed E-state index contributed by atoms with van der Waals surface area (Å²) in [5.74, 6) is -1.20. The first-order valence-corrected chi connectivity index (χ1v) is 27.2. The van der Waals surface area contributed by atoms with Crippen LogP contribution in [-0.4, -0.2) is 10.5 Å².